The maximum Gasteiger partial charge on any atom is 0.138 e. The van der Waals surface area contributed by atoms with E-state index in [1.807, 2.05) is 13.8 Å². The van der Waals surface area contributed by atoms with Crippen LogP contribution in [0.15, 0.2) is 18.2 Å². The van der Waals surface area contributed by atoms with Crippen molar-refractivity contribution in [3.8, 4) is 5.75 Å². The summed E-state index contributed by atoms with van der Waals surface area (Å²) >= 11 is 5.84. The molecule has 0 aliphatic rings. The molecule has 1 aromatic rings. The Hall–Kier alpha value is -0.800. The van der Waals surface area contributed by atoms with Gasteiger partial charge in [-0.1, -0.05) is 11.6 Å². The second-order valence-electron chi connectivity index (χ2n) is 3.98. The predicted octanol–water partition coefficient (Wildman–Crippen LogP) is 2.99. The Morgan fingerprint density at radius 1 is 1.47 bits per heavy atom. The van der Waals surface area contributed by atoms with Gasteiger partial charge in [-0.2, -0.15) is 0 Å². The average molecular weight is 232 g/mol. The second-order valence-corrected chi connectivity index (χ2v) is 4.38. The molecule has 0 amide bonds. The third kappa shape index (κ3) is 3.68. The molecule has 15 heavy (non-hydrogen) atoms. The molecule has 0 fully saturated rings. The Kier molecular flexibility index (Phi) is 3.94. The van der Waals surface area contributed by atoms with Crippen molar-refractivity contribution in [1.29, 1.82) is 0 Å². The number of ether oxygens (including phenoxy) is 1. The third-order valence-corrected chi connectivity index (χ3v) is 2.32. The van der Waals surface area contributed by atoms with E-state index in [-0.39, 0.29) is 10.8 Å². The first-order valence-electron chi connectivity index (χ1n) is 4.79. The van der Waals surface area contributed by atoms with E-state index in [0.29, 0.717) is 18.7 Å². The highest BCUT2D eigenvalue weighted by Gasteiger charge is 2.19. The van der Waals surface area contributed by atoms with Gasteiger partial charge in [-0.25, -0.2) is 4.39 Å². The molecule has 1 rings (SSSR count). The highest BCUT2D eigenvalue weighted by molar-refractivity contribution is 6.32. The molecule has 0 aliphatic heterocycles. The van der Waals surface area contributed by atoms with Crippen molar-refractivity contribution in [3.05, 3.63) is 29.0 Å². The van der Waals surface area contributed by atoms with Crippen molar-refractivity contribution in [3.63, 3.8) is 0 Å². The first-order valence-corrected chi connectivity index (χ1v) is 5.16. The fraction of sp³-hybridized carbons (Fsp3) is 0.455. The van der Waals surface area contributed by atoms with Crippen LogP contribution in [0, 0.1) is 5.82 Å². The molecule has 0 saturated carbocycles. The molecule has 2 nitrogen and oxygen atoms in total. The van der Waals surface area contributed by atoms with Gasteiger partial charge in [0.05, 0.1) is 5.02 Å². The van der Waals surface area contributed by atoms with E-state index in [4.69, 9.17) is 22.1 Å². The number of halogens is 2. The molecule has 0 heterocycles. The number of nitrogens with two attached hydrogens (primary N) is 1. The summed E-state index contributed by atoms with van der Waals surface area (Å²) in [5.41, 5.74) is 5.06. The highest BCUT2D eigenvalue weighted by Crippen LogP contribution is 2.29. The first-order chi connectivity index (χ1) is 6.94. The van der Waals surface area contributed by atoms with Crippen LogP contribution in [0.25, 0.3) is 0 Å². The fourth-order valence-corrected chi connectivity index (χ4v) is 1.46. The van der Waals surface area contributed by atoms with Crippen LogP contribution in [0.4, 0.5) is 4.39 Å². The summed E-state index contributed by atoms with van der Waals surface area (Å²) in [5.74, 6) is 0.112. The Bertz CT molecular complexity index is 341. The van der Waals surface area contributed by atoms with Gasteiger partial charge in [-0.3, -0.25) is 0 Å². The lowest BCUT2D eigenvalue weighted by Gasteiger charge is -2.26. The van der Waals surface area contributed by atoms with Crippen molar-refractivity contribution in [2.45, 2.75) is 25.9 Å². The second kappa shape index (κ2) is 4.81. The molecule has 0 aromatic heterocycles. The van der Waals surface area contributed by atoms with Crippen molar-refractivity contribution in [1.82, 2.24) is 0 Å². The van der Waals surface area contributed by atoms with E-state index < -0.39 is 5.60 Å². The standard InChI is InChI=1S/C11H15ClFNO/c1-11(2,5-6-14)15-10-4-3-8(13)7-9(10)12/h3-4,7H,5-6,14H2,1-2H3. The van der Waals surface area contributed by atoms with Gasteiger partial charge in [0.15, 0.2) is 0 Å². The maximum atomic E-state index is 12.8. The van der Waals surface area contributed by atoms with Crippen LogP contribution >= 0.6 is 11.6 Å². The molecule has 2 N–H and O–H groups in total. The summed E-state index contributed by atoms with van der Waals surface area (Å²) in [5, 5.41) is 0.278. The fourth-order valence-electron chi connectivity index (χ4n) is 1.25. The van der Waals surface area contributed by atoms with Crippen LogP contribution < -0.4 is 10.5 Å². The lowest BCUT2D eigenvalue weighted by molar-refractivity contribution is 0.102. The molecular weight excluding hydrogens is 217 g/mol. The van der Waals surface area contributed by atoms with Crippen molar-refractivity contribution in [2.75, 3.05) is 6.54 Å². The Morgan fingerprint density at radius 2 is 2.13 bits per heavy atom. The smallest absolute Gasteiger partial charge is 0.138 e. The Labute approximate surface area is 94.2 Å². The normalized spacial score (nSPS) is 11.5. The molecule has 4 heteroatoms. The van der Waals surface area contributed by atoms with Gasteiger partial charge in [-0.05, 0) is 45.0 Å². The average Bonchev–Trinajstić information content (AvgIpc) is 2.09. The van der Waals surface area contributed by atoms with Crippen LogP contribution in [-0.4, -0.2) is 12.1 Å². The molecule has 0 aliphatic carbocycles. The van der Waals surface area contributed by atoms with Gasteiger partial charge in [-0.15, -0.1) is 0 Å². The van der Waals surface area contributed by atoms with Crippen LogP contribution in [0.5, 0.6) is 5.75 Å². The van der Waals surface area contributed by atoms with Gasteiger partial charge in [0, 0.05) is 0 Å². The number of hydrogen-bond donors (Lipinski definition) is 1. The van der Waals surface area contributed by atoms with Gasteiger partial charge in [0.1, 0.15) is 17.2 Å². The first kappa shape index (κ1) is 12.3. The lowest BCUT2D eigenvalue weighted by atomic mass is 10.1. The SMILES string of the molecule is CC(C)(CCN)Oc1ccc(F)cc1Cl. The molecule has 0 unspecified atom stereocenters. The lowest BCUT2D eigenvalue weighted by Crippen LogP contribution is -2.31. The maximum absolute atomic E-state index is 12.8. The summed E-state index contributed by atoms with van der Waals surface area (Å²) < 4.78 is 18.4. The molecule has 0 saturated heterocycles. The quantitative estimate of drug-likeness (QED) is 0.865. The summed E-state index contributed by atoms with van der Waals surface area (Å²) in [6, 6.07) is 4.07. The third-order valence-electron chi connectivity index (χ3n) is 2.03. The minimum Gasteiger partial charge on any atom is -0.486 e. The zero-order chi connectivity index (χ0) is 11.5. The topological polar surface area (TPSA) is 35.2 Å². The van der Waals surface area contributed by atoms with Crippen LogP contribution in [-0.2, 0) is 0 Å². The summed E-state index contributed by atoms with van der Waals surface area (Å²) in [6.45, 7) is 4.37. The molecule has 1 aromatic carbocycles. The molecule has 84 valence electrons. The number of hydrogen-bond acceptors (Lipinski definition) is 2. The summed E-state index contributed by atoms with van der Waals surface area (Å²) in [7, 11) is 0. The largest absolute Gasteiger partial charge is 0.486 e. The molecule has 0 bridgehead atoms. The molecular formula is C11H15ClFNO. The van der Waals surface area contributed by atoms with Crippen LogP contribution in [0.2, 0.25) is 5.02 Å². The molecule has 0 spiro atoms. The van der Waals surface area contributed by atoms with Crippen molar-refractivity contribution < 1.29 is 9.13 Å². The summed E-state index contributed by atoms with van der Waals surface area (Å²) in [6.07, 6.45) is 0.709. The molecule has 0 atom stereocenters. The van der Waals surface area contributed by atoms with E-state index in [9.17, 15) is 4.39 Å². The zero-order valence-corrected chi connectivity index (χ0v) is 9.64. The van der Waals surface area contributed by atoms with Crippen molar-refractivity contribution in [2.24, 2.45) is 5.73 Å². The number of benzene rings is 1. The van der Waals surface area contributed by atoms with Crippen molar-refractivity contribution >= 4 is 11.6 Å². The summed E-state index contributed by atoms with van der Waals surface area (Å²) in [4.78, 5) is 0. The van der Waals surface area contributed by atoms with Gasteiger partial charge in [0.2, 0.25) is 0 Å². The van der Waals surface area contributed by atoms with Crippen LogP contribution in [0.1, 0.15) is 20.3 Å². The highest BCUT2D eigenvalue weighted by atomic mass is 35.5. The van der Waals surface area contributed by atoms with Gasteiger partial charge >= 0.3 is 0 Å². The zero-order valence-electron chi connectivity index (χ0n) is 8.89. The van der Waals surface area contributed by atoms with Gasteiger partial charge < -0.3 is 10.5 Å². The van der Waals surface area contributed by atoms with Gasteiger partial charge in [0.25, 0.3) is 0 Å². The van der Waals surface area contributed by atoms with E-state index in [2.05, 4.69) is 0 Å². The number of rotatable bonds is 4. The Balaban J connectivity index is 2.80. The predicted molar refractivity (Wildman–Crippen MR) is 59.8 cm³/mol. The van der Waals surface area contributed by atoms with E-state index in [1.165, 1.54) is 18.2 Å². The monoisotopic (exact) mass is 231 g/mol. The molecule has 0 radical (unpaired) electrons. The van der Waals surface area contributed by atoms with E-state index in [0.717, 1.165) is 0 Å². The Morgan fingerprint density at radius 3 is 2.67 bits per heavy atom. The minimum absolute atomic E-state index is 0.278. The minimum atomic E-state index is -0.393. The van der Waals surface area contributed by atoms with Crippen LogP contribution in [0.3, 0.4) is 0 Å². The van der Waals surface area contributed by atoms with E-state index in [1.54, 1.807) is 0 Å². The van der Waals surface area contributed by atoms with E-state index >= 15 is 0 Å².